The Bertz CT molecular complexity index is 956. The SMILES string of the molecule is CC(C)C[C@H](N)C(=O)O.O=C(N[C@@H](Cc1ccccc1)C(=O)O)C1CCCc2ccccc21.OBO. The minimum Gasteiger partial charge on any atom is -0.480 e. The van der Waals surface area contributed by atoms with Gasteiger partial charge in [0.15, 0.2) is 0 Å². The topological polar surface area (TPSA) is 170 Å². The number of carboxylic acids is 2. The predicted molar refractivity (Wildman–Crippen MR) is 138 cm³/mol. The molecule has 196 valence electrons. The summed E-state index contributed by atoms with van der Waals surface area (Å²) in [5.74, 6) is -2.01. The van der Waals surface area contributed by atoms with Crippen LogP contribution in [0.1, 0.15) is 55.7 Å². The Morgan fingerprint density at radius 3 is 2.11 bits per heavy atom. The quantitative estimate of drug-likeness (QED) is 0.297. The molecular weight excluding hydrogens is 463 g/mol. The van der Waals surface area contributed by atoms with Crippen LogP contribution in [0, 0.1) is 5.92 Å². The molecule has 7 N–H and O–H groups in total. The minimum absolute atomic E-state index is 0.189. The van der Waals surface area contributed by atoms with Crippen LogP contribution in [-0.2, 0) is 27.2 Å². The fourth-order valence-electron chi connectivity index (χ4n) is 3.96. The summed E-state index contributed by atoms with van der Waals surface area (Å²) in [6.45, 7) is 3.89. The first kappa shape index (κ1) is 30.8. The summed E-state index contributed by atoms with van der Waals surface area (Å²) < 4.78 is 0. The van der Waals surface area contributed by atoms with E-state index in [9.17, 15) is 19.5 Å². The van der Waals surface area contributed by atoms with Gasteiger partial charge in [-0.1, -0.05) is 68.4 Å². The van der Waals surface area contributed by atoms with E-state index in [1.165, 1.54) is 5.56 Å². The first-order valence-corrected chi connectivity index (χ1v) is 12.0. The number of hydrogen-bond acceptors (Lipinski definition) is 6. The van der Waals surface area contributed by atoms with E-state index >= 15 is 0 Å². The minimum atomic E-state index is -1.00. The molecule has 1 amide bonds. The number of aliphatic carboxylic acids is 2. The molecule has 3 rings (SSSR count). The molecule has 0 saturated carbocycles. The molecule has 0 aliphatic heterocycles. The summed E-state index contributed by atoms with van der Waals surface area (Å²) in [6.07, 6.45) is 3.53. The van der Waals surface area contributed by atoms with Crippen LogP contribution < -0.4 is 11.1 Å². The fraction of sp³-hybridized carbons (Fsp3) is 0.423. The van der Waals surface area contributed by atoms with Crippen molar-refractivity contribution in [2.75, 3.05) is 0 Å². The summed E-state index contributed by atoms with van der Waals surface area (Å²) in [5, 5.41) is 34.8. The Labute approximate surface area is 212 Å². The van der Waals surface area contributed by atoms with Gasteiger partial charge >= 0.3 is 19.6 Å². The standard InChI is InChI=1S/C20H21NO3.C6H13NO2.BH3O2/c22-19(17-12-6-10-15-9-4-5-11-16(15)17)21-18(20(23)24)13-14-7-2-1-3-8-14;1-4(2)3-5(7)6(8)9;2-1-3/h1-5,7-9,11,17-18H,6,10,12-13H2,(H,21,22)(H,23,24);4-5H,3,7H2,1-2H3,(H,8,9);1-3H/t17?,18-;5-;/m00./s1. The molecule has 1 aliphatic carbocycles. The van der Waals surface area contributed by atoms with Crippen molar-refractivity contribution < 1.29 is 34.6 Å². The molecule has 0 saturated heterocycles. The van der Waals surface area contributed by atoms with E-state index in [1.54, 1.807) is 0 Å². The number of nitrogens with two attached hydrogens (primary N) is 1. The number of rotatable bonds is 8. The van der Waals surface area contributed by atoms with Gasteiger partial charge in [-0.2, -0.15) is 0 Å². The molecular formula is C26H37BN2O7. The Kier molecular flexibility index (Phi) is 14.1. The van der Waals surface area contributed by atoms with Crippen LogP contribution in [0.15, 0.2) is 54.6 Å². The monoisotopic (exact) mass is 500 g/mol. The number of carbonyl (C=O) groups excluding carboxylic acids is 1. The Balaban J connectivity index is 0.000000454. The van der Waals surface area contributed by atoms with E-state index in [-0.39, 0.29) is 18.2 Å². The van der Waals surface area contributed by atoms with E-state index in [1.807, 2.05) is 68.4 Å². The van der Waals surface area contributed by atoms with Crippen molar-refractivity contribution in [2.24, 2.45) is 11.7 Å². The second-order valence-corrected chi connectivity index (χ2v) is 8.95. The number of amides is 1. The molecule has 2 aromatic rings. The van der Waals surface area contributed by atoms with E-state index in [0.717, 1.165) is 30.4 Å². The summed E-state index contributed by atoms with van der Waals surface area (Å²) in [5.41, 5.74) is 8.34. The zero-order valence-corrected chi connectivity index (χ0v) is 20.8. The summed E-state index contributed by atoms with van der Waals surface area (Å²) >= 11 is 0. The first-order chi connectivity index (χ1) is 17.1. The van der Waals surface area contributed by atoms with E-state index in [4.69, 9.17) is 20.9 Å². The molecule has 9 nitrogen and oxygen atoms in total. The second-order valence-electron chi connectivity index (χ2n) is 8.95. The molecule has 36 heavy (non-hydrogen) atoms. The molecule has 0 spiro atoms. The van der Waals surface area contributed by atoms with Crippen LogP contribution in [0.5, 0.6) is 0 Å². The van der Waals surface area contributed by atoms with Crippen LogP contribution in [0.2, 0.25) is 0 Å². The second kappa shape index (κ2) is 16.5. The molecule has 1 aliphatic rings. The van der Waals surface area contributed by atoms with Gasteiger partial charge in [-0.25, -0.2) is 4.79 Å². The normalized spacial score (nSPS) is 15.6. The van der Waals surface area contributed by atoms with Gasteiger partial charge in [-0.3, -0.25) is 9.59 Å². The molecule has 0 aromatic heterocycles. The Morgan fingerprint density at radius 1 is 1.00 bits per heavy atom. The molecule has 0 fully saturated rings. The third-order valence-corrected chi connectivity index (χ3v) is 5.63. The number of carbonyl (C=O) groups is 3. The third kappa shape index (κ3) is 11.0. The average molecular weight is 500 g/mol. The zero-order chi connectivity index (χ0) is 27.1. The summed E-state index contributed by atoms with van der Waals surface area (Å²) in [7, 11) is -0.750. The first-order valence-electron chi connectivity index (χ1n) is 12.0. The molecule has 2 aromatic carbocycles. The van der Waals surface area contributed by atoms with E-state index < -0.39 is 31.7 Å². The molecule has 0 bridgehead atoms. The lowest BCUT2D eigenvalue weighted by molar-refractivity contribution is -0.142. The number of benzene rings is 2. The number of hydrogen-bond donors (Lipinski definition) is 6. The zero-order valence-electron chi connectivity index (χ0n) is 20.8. The molecule has 0 radical (unpaired) electrons. The number of fused-ring (bicyclic) bond motifs is 1. The number of carboxylic acid groups (broad SMARTS) is 2. The van der Waals surface area contributed by atoms with Gasteiger partial charge in [0.1, 0.15) is 12.1 Å². The van der Waals surface area contributed by atoms with Gasteiger partial charge in [0, 0.05) is 6.42 Å². The predicted octanol–water partition coefficient (Wildman–Crippen LogP) is 1.60. The van der Waals surface area contributed by atoms with Crippen LogP contribution in [0.3, 0.4) is 0 Å². The highest BCUT2D eigenvalue weighted by atomic mass is 16.4. The lowest BCUT2D eigenvalue weighted by Gasteiger charge is -2.26. The lowest BCUT2D eigenvalue weighted by atomic mass is 9.82. The maximum atomic E-state index is 12.7. The van der Waals surface area contributed by atoms with Crippen molar-refractivity contribution in [3.05, 3.63) is 71.3 Å². The molecule has 10 heteroatoms. The maximum absolute atomic E-state index is 12.7. The van der Waals surface area contributed by atoms with Gasteiger partial charge in [0.2, 0.25) is 5.91 Å². The van der Waals surface area contributed by atoms with Crippen LogP contribution in [0.25, 0.3) is 0 Å². The third-order valence-electron chi connectivity index (χ3n) is 5.63. The maximum Gasteiger partial charge on any atom is 0.432 e. The molecule has 3 atom stereocenters. The van der Waals surface area contributed by atoms with Crippen LogP contribution in [0.4, 0.5) is 0 Å². The van der Waals surface area contributed by atoms with Gasteiger partial charge in [-0.05, 0) is 48.3 Å². The van der Waals surface area contributed by atoms with Gasteiger partial charge < -0.3 is 31.3 Å². The smallest absolute Gasteiger partial charge is 0.432 e. The van der Waals surface area contributed by atoms with Crippen molar-refractivity contribution >= 4 is 25.5 Å². The highest BCUT2D eigenvalue weighted by Crippen LogP contribution is 2.31. The van der Waals surface area contributed by atoms with Crippen molar-refractivity contribution in [1.29, 1.82) is 0 Å². The largest absolute Gasteiger partial charge is 0.480 e. The van der Waals surface area contributed by atoms with Crippen molar-refractivity contribution in [3.63, 3.8) is 0 Å². The fourth-order valence-corrected chi connectivity index (χ4v) is 3.96. The Hall–Kier alpha value is -3.21. The molecule has 1 unspecified atom stereocenters. The van der Waals surface area contributed by atoms with E-state index in [2.05, 4.69) is 5.32 Å². The molecule has 0 heterocycles. The number of nitrogens with one attached hydrogen (secondary N) is 1. The summed E-state index contributed by atoms with van der Waals surface area (Å²) in [6, 6.07) is 15.7. The van der Waals surface area contributed by atoms with Crippen molar-refractivity contribution in [1.82, 2.24) is 5.32 Å². The highest BCUT2D eigenvalue weighted by molar-refractivity contribution is 6.13. The van der Waals surface area contributed by atoms with Crippen molar-refractivity contribution in [2.45, 2.75) is 64.0 Å². The average Bonchev–Trinajstić information content (AvgIpc) is 2.84. The Morgan fingerprint density at radius 2 is 1.58 bits per heavy atom. The highest BCUT2D eigenvalue weighted by Gasteiger charge is 2.29. The van der Waals surface area contributed by atoms with Crippen molar-refractivity contribution in [3.8, 4) is 0 Å². The van der Waals surface area contributed by atoms with Gasteiger partial charge in [0.25, 0.3) is 0 Å². The van der Waals surface area contributed by atoms with Crippen LogP contribution >= 0.6 is 0 Å². The van der Waals surface area contributed by atoms with Gasteiger partial charge in [0.05, 0.1) is 5.92 Å². The number of aryl methyl sites for hydroxylation is 1. The summed E-state index contributed by atoms with van der Waals surface area (Å²) in [4.78, 5) is 34.4. The van der Waals surface area contributed by atoms with E-state index in [0.29, 0.717) is 12.3 Å². The van der Waals surface area contributed by atoms with Gasteiger partial charge in [-0.15, -0.1) is 0 Å². The lowest BCUT2D eigenvalue weighted by Crippen LogP contribution is -2.44. The van der Waals surface area contributed by atoms with Crippen LogP contribution in [-0.4, -0.2) is 57.9 Å².